The third-order valence-electron chi connectivity index (χ3n) is 3.35. The van der Waals surface area contributed by atoms with E-state index < -0.39 is 10.6 Å². The molecule has 0 saturated carbocycles. The van der Waals surface area contributed by atoms with Crippen LogP contribution in [0.15, 0.2) is 53.3 Å². The van der Waals surface area contributed by atoms with Crippen molar-refractivity contribution in [3.8, 4) is 11.3 Å². The Labute approximate surface area is 119 Å². The molecule has 0 saturated heterocycles. The molecule has 0 spiro atoms. The summed E-state index contributed by atoms with van der Waals surface area (Å²) in [6, 6.07) is 13.6. The summed E-state index contributed by atoms with van der Waals surface area (Å²) in [4.78, 5) is 26.5. The molecule has 1 heterocycles. The lowest BCUT2D eigenvalue weighted by Gasteiger charge is -2.09. The average Bonchev–Trinajstić information content (AvgIpc) is 2.51. The molecule has 104 valence electrons. The Kier molecular flexibility index (Phi) is 2.98. The van der Waals surface area contributed by atoms with Gasteiger partial charge in [-0.2, -0.15) is 4.98 Å². The molecule has 0 atom stereocenters. The molecule has 3 rings (SSSR count). The van der Waals surface area contributed by atoms with E-state index in [4.69, 9.17) is 0 Å². The van der Waals surface area contributed by atoms with Gasteiger partial charge in [-0.25, -0.2) is 4.79 Å². The Morgan fingerprint density at radius 1 is 1.14 bits per heavy atom. The van der Waals surface area contributed by atoms with Crippen LogP contribution >= 0.6 is 0 Å². The predicted molar refractivity (Wildman–Crippen MR) is 79.1 cm³/mol. The van der Waals surface area contributed by atoms with Crippen LogP contribution in [0, 0.1) is 10.1 Å². The normalized spacial score (nSPS) is 10.7. The second kappa shape index (κ2) is 4.82. The summed E-state index contributed by atoms with van der Waals surface area (Å²) in [6.07, 6.45) is 0. The minimum absolute atomic E-state index is 0.0277. The number of nitrogens with zero attached hydrogens (tertiary/aromatic N) is 3. The van der Waals surface area contributed by atoms with Gasteiger partial charge in [0.1, 0.15) is 0 Å². The number of nitro benzene ring substituents is 1. The van der Waals surface area contributed by atoms with Crippen LogP contribution in [0.5, 0.6) is 0 Å². The zero-order valence-electron chi connectivity index (χ0n) is 11.2. The van der Waals surface area contributed by atoms with Gasteiger partial charge in [0.15, 0.2) is 0 Å². The van der Waals surface area contributed by atoms with E-state index in [-0.39, 0.29) is 5.69 Å². The molecule has 0 amide bonds. The summed E-state index contributed by atoms with van der Waals surface area (Å²) in [5.74, 6) is 0. The molecule has 0 radical (unpaired) electrons. The number of aromatic nitrogens is 2. The van der Waals surface area contributed by atoms with E-state index in [2.05, 4.69) is 4.98 Å². The topological polar surface area (TPSA) is 78.0 Å². The fourth-order valence-electron chi connectivity index (χ4n) is 2.27. The molecule has 2 aromatic carbocycles. The van der Waals surface area contributed by atoms with Crippen LogP contribution in [0.1, 0.15) is 0 Å². The molecule has 0 fully saturated rings. The number of benzene rings is 2. The van der Waals surface area contributed by atoms with Crippen LogP contribution in [0.25, 0.3) is 22.2 Å². The minimum Gasteiger partial charge on any atom is -0.295 e. The van der Waals surface area contributed by atoms with E-state index >= 15 is 0 Å². The third-order valence-corrected chi connectivity index (χ3v) is 3.35. The van der Waals surface area contributed by atoms with Crippen molar-refractivity contribution in [1.29, 1.82) is 0 Å². The fourth-order valence-corrected chi connectivity index (χ4v) is 2.27. The van der Waals surface area contributed by atoms with Gasteiger partial charge in [0, 0.05) is 30.1 Å². The van der Waals surface area contributed by atoms with Crippen LogP contribution in [-0.2, 0) is 7.05 Å². The van der Waals surface area contributed by atoms with Crippen molar-refractivity contribution in [3.63, 3.8) is 0 Å². The SMILES string of the molecule is Cn1c(=O)nc(-c2ccccc2)c2cc([N+](=O)[O-])ccc21. The summed E-state index contributed by atoms with van der Waals surface area (Å²) in [7, 11) is 1.60. The zero-order valence-corrected chi connectivity index (χ0v) is 11.2. The van der Waals surface area contributed by atoms with Crippen molar-refractivity contribution in [2.45, 2.75) is 0 Å². The van der Waals surface area contributed by atoms with Gasteiger partial charge in [0.05, 0.1) is 16.1 Å². The van der Waals surface area contributed by atoms with Gasteiger partial charge in [-0.1, -0.05) is 30.3 Å². The largest absolute Gasteiger partial charge is 0.348 e. The van der Waals surface area contributed by atoms with E-state index in [9.17, 15) is 14.9 Å². The highest BCUT2D eigenvalue weighted by Crippen LogP contribution is 2.28. The van der Waals surface area contributed by atoms with Gasteiger partial charge in [0.2, 0.25) is 0 Å². The van der Waals surface area contributed by atoms with Crippen molar-refractivity contribution < 1.29 is 4.92 Å². The van der Waals surface area contributed by atoms with Crippen molar-refractivity contribution in [1.82, 2.24) is 9.55 Å². The molecule has 0 aliphatic heterocycles. The first kappa shape index (κ1) is 13.0. The Morgan fingerprint density at radius 2 is 1.86 bits per heavy atom. The first-order valence-corrected chi connectivity index (χ1v) is 6.28. The van der Waals surface area contributed by atoms with Crippen molar-refractivity contribution in [2.24, 2.45) is 7.05 Å². The van der Waals surface area contributed by atoms with Gasteiger partial charge in [-0.3, -0.25) is 14.7 Å². The van der Waals surface area contributed by atoms with Crippen molar-refractivity contribution in [2.75, 3.05) is 0 Å². The minimum atomic E-state index is -0.459. The van der Waals surface area contributed by atoms with Gasteiger partial charge in [0.25, 0.3) is 5.69 Å². The Balaban J connectivity index is 2.43. The summed E-state index contributed by atoms with van der Waals surface area (Å²) >= 11 is 0. The van der Waals surface area contributed by atoms with Gasteiger partial charge >= 0.3 is 5.69 Å². The second-order valence-corrected chi connectivity index (χ2v) is 4.63. The molecular weight excluding hydrogens is 270 g/mol. The van der Waals surface area contributed by atoms with Crippen molar-refractivity contribution >= 4 is 16.6 Å². The predicted octanol–water partition coefficient (Wildman–Crippen LogP) is 2.51. The third kappa shape index (κ3) is 2.16. The summed E-state index contributed by atoms with van der Waals surface area (Å²) in [5.41, 5.74) is 1.40. The van der Waals surface area contributed by atoms with E-state index in [1.165, 1.54) is 16.7 Å². The molecule has 6 heteroatoms. The van der Waals surface area contributed by atoms with Gasteiger partial charge in [-0.15, -0.1) is 0 Å². The molecule has 3 aromatic rings. The highest BCUT2D eigenvalue weighted by molar-refractivity contribution is 5.93. The highest BCUT2D eigenvalue weighted by Gasteiger charge is 2.14. The van der Waals surface area contributed by atoms with Crippen LogP contribution in [-0.4, -0.2) is 14.5 Å². The van der Waals surface area contributed by atoms with Crippen molar-refractivity contribution in [3.05, 3.63) is 69.1 Å². The van der Waals surface area contributed by atoms with Crippen LogP contribution in [0.3, 0.4) is 0 Å². The average molecular weight is 281 g/mol. The van der Waals surface area contributed by atoms with Gasteiger partial charge < -0.3 is 0 Å². The number of nitro groups is 1. The number of hydrogen-bond acceptors (Lipinski definition) is 4. The lowest BCUT2D eigenvalue weighted by Crippen LogP contribution is -2.21. The zero-order chi connectivity index (χ0) is 15.0. The summed E-state index contributed by atoms with van der Waals surface area (Å²) in [6.45, 7) is 0. The molecule has 0 N–H and O–H groups in total. The number of fused-ring (bicyclic) bond motifs is 1. The Bertz CT molecular complexity index is 901. The second-order valence-electron chi connectivity index (χ2n) is 4.63. The molecule has 6 nitrogen and oxygen atoms in total. The quantitative estimate of drug-likeness (QED) is 0.534. The van der Waals surface area contributed by atoms with Crippen LogP contribution in [0.2, 0.25) is 0 Å². The Morgan fingerprint density at radius 3 is 2.52 bits per heavy atom. The molecule has 0 unspecified atom stereocenters. The number of rotatable bonds is 2. The standard InChI is InChI=1S/C15H11N3O3/c1-17-13-8-7-11(18(20)21)9-12(13)14(16-15(17)19)10-5-3-2-4-6-10/h2-9H,1H3. The lowest BCUT2D eigenvalue weighted by atomic mass is 10.1. The number of hydrogen-bond donors (Lipinski definition) is 0. The highest BCUT2D eigenvalue weighted by atomic mass is 16.6. The van der Waals surface area contributed by atoms with E-state index in [1.54, 1.807) is 13.1 Å². The monoisotopic (exact) mass is 281 g/mol. The van der Waals surface area contributed by atoms with E-state index in [0.717, 1.165) is 5.56 Å². The Hall–Kier alpha value is -3.02. The van der Waals surface area contributed by atoms with E-state index in [1.807, 2.05) is 30.3 Å². The van der Waals surface area contributed by atoms with Crippen LogP contribution < -0.4 is 5.69 Å². The first-order chi connectivity index (χ1) is 10.1. The first-order valence-electron chi connectivity index (χ1n) is 6.28. The van der Waals surface area contributed by atoms with Gasteiger partial charge in [-0.05, 0) is 6.07 Å². The fraction of sp³-hybridized carbons (Fsp3) is 0.0667. The molecular formula is C15H11N3O3. The maximum atomic E-state index is 12.0. The molecule has 21 heavy (non-hydrogen) atoms. The lowest BCUT2D eigenvalue weighted by molar-refractivity contribution is -0.384. The molecule has 0 aliphatic carbocycles. The molecule has 0 aliphatic rings. The molecule has 0 bridgehead atoms. The maximum Gasteiger partial charge on any atom is 0.348 e. The molecule has 1 aromatic heterocycles. The van der Waals surface area contributed by atoms with E-state index in [0.29, 0.717) is 16.6 Å². The number of aryl methyl sites for hydroxylation is 1. The summed E-state index contributed by atoms with van der Waals surface area (Å²) in [5, 5.41) is 11.5. The number of non-ortho nitro benzene ring substituents is 1. The maximum absolute atomic E-state index is 12.0. The smallest absolute Gasteiger partial charge is 0.295 e. The van der Waals surface area contributed by atoms with Crippen LogP contribution in [0.4, 0.5) is 5.69 Å². The summed E-state index contributed by atoms with van der Waals surface area (Å²) < 4.78 is 1.38.